The van der Waals surface area contributed by atoms with E-state index >= 15 is 0 Å². The molecule has 0 atom stereocenters. The van der Waals surface area contributed by atoms with E-state index in [4.69, 9.17) is 16.1 Å². The number of primary sulfonamides is 1. The minimum atomic E-state index is -3.71. The van der Waals surface area contributed by atoms with Crippen molar-refractivity contribution in [2.75, 3.05) is 17.6 Å². The van der Waals surface area contributed by atoms with E-state index in [1.807, 2.05) is 6.07 Å². The number of carbonyl (C=O) groups excluding carboxylic acids is 1. The highest BCUT2D eigenvalue weighted by molar-refractivity contribution is 7.89. The van der Waals surface area contributed by atoms with Gasteiger partial charge in [-0.05, 0) is 48.4 Å². The van der Waals surface area contributed by atoms with Crippen LogP contribution in [0.4, 0.5) is 11.4 Å². The maximum atomic E-state index is 12.1. The molecule has 0 saturated carbocycles. The Kier molecular flexibility index (Phi) is 6.54. The number of nitrogens with one attached hydrogen (secondary N) is 2. The number of nitriles is 1. The highest BCUT2D eigenvalue weighted by Gasteiger charge is 2.09. The van der Waals surface area contributed by atoms with Gasteiger partial charge in [-0.2, -0.15) is 5.26 Å². The van der Waals surface area contributed by atoms with Gasteiger partial charge in [-0.3, -0.25) is 4.79 Å². The molecule has 0 spiro atoms. The standard InChI is InChI=1S/C18H19N5O3S/c19-11-14(18(24)23-16-5-3-15(20)4-6-16)12-22-10-9-13-1-7-17(8-2-13)27(21,25)26/h1-8,12,22H,9-10,20H2,(H,23,24)(H2,21,25,26)/b14-12-. The molecule has 27 heavy (non-hydrogen) atoms. The number of amides is 1. The van der Waals surface area contributed by atoms with Crippen molar-refractivity contribution >= 4 is 27.3 Å². The predicted molar refractivity (Wildman–Crippen MR) is 103 cm³/mol. The number of hydrogen-bond acceptors (Lipinski definition) is 6. The van der Waals surface area contributed by atoms with Gasteiger partial charge >= 0.3 is 0 Å². The first-order chi connectivity index (χ1) is 12.8. The van der Waals surface area contributed by atoms with Crippen molar-refractivity contribution in [3.63, 3.8) is 0 Å². The van der Waals surface area contributed by atoms with Gasteiger partial charge in [-0.1, -0.05) is 12.1 Å². The van der Waals surface area contributed by atoms with Crippen LogP contribution in [0.15, 0.2) is 65.2 Å². The van der Waals surface area contributed by atoms with E-state index in [0.29, 0.717) is 24.3 Å². The number of benzene rings is 2. The first kappa shape index (κ1) is 20.0. The molecule has 9 heteroatoms. The summed E-state index contributed by atoms with van der Waals surface area (Å²) in [6.45, 7) is 0.453. The van der Waals surface area contributed by atoms with Crippen LogP contribution in [0.25, 0.3) is 0 Å². The van der Waals surface area contributed by atoms with Crippen LogP contribution in [0.5, 0.6) is 0 Å². The average Bonchev–Trinajstić information content (AvgIpc) is 2.63. The minimum absolute atomic E-state index is 0.0465. The van der Waals surface area contributed by atoms with Crippen LogP contribution in [-0.4, -0.2) is 20.9 Å². The molecular formula is C18H19N5O3S. The third kappa shape index (κ3) is 6.14. The second-order valence-electron chi connectivity index (χ2n) is 5.64. The summed E-state index contributed by atoms with van der Waals surface area (Å²) in [6.07, 6.45) is 1.91. The topological polar surface area (TPSA) is 151 Å². The number of rotatable bonds is 7. The molecule has 0 aliphatic rings. The molecule has 6 N–H and O–H groups in total. The Morgan fingerprint density at radius 1 is 1.11 bits per heavy atom. The quantitative estimate of drug-likeness (QED) is 0.242. The largest absolute Gasteiger partial charge is 0.399 e. The lowest BCUT2D eigenvalue weighted by atomic mass is 10.1. The third-order valence-corrected chi connectivity index (χ3v) is 4.52. The smallest absolute Gasteiger partial charge is 0.267 e. The van der Waals surface area contributed by atoms with E-state index in [0.717, 1.165) is 5.56 Å². The normalized spacial score (nSPS) is 11.5. The van der Waals surface area contributed by atoms with Gasteiger partial charge in [0.1, 0.15) is 11.6 Å². The lowest BCUT2D eigenvalue weighted by molar-refractivity contribution is -0.112. The summed E-state index contributed by atoms with van der Waals surface area (Å²) < 4.78 is 22.4. The monoisotopic (exact) mass is 385 g/mol. The SMILES string of the molecule is N#C/C(=C/NCCc1ccc(S(N)(=O)=O)cc1)C(=O)Nc1ccc(N)cc1. The Hall–Kier alpha value is -3.35. The zero-order valence-electron chi connectivity index (χ0n) is 14.3. The highest BCUT2D eigenvalue weighted by Crippen LogP contribution is 2.12. The van der Waals surface area contributed by atoms with Crippen LogP contribution < -0.4 is 21.5 Å². The Morgan fingerprint density at radius 3 is 2.30 bits per heavy atom. The number of nitrogens with two attached hydrogens (primary N) is 2. The predicted octanol–water partition coefficient (Wildman–Crippen LogP) is 1.09. The van der Waals surface area contributed by atoms with Crippen LogP contribution >= 0.6 is 0 Å². The number of hydrogen-bond donors (Lipinski definition) is 4. The molecule has 2 aromatic rings. The van der Waals surface area contributed by atoms with E-state index < -0.39 is 15.9 Å². The van der Waals surface area contributed by atoms with Gasteiger partial charge in [0.2, 0.25) is 10.0 Å². The van der Waals surface area contributed by atoms with Gasteiger partial charge in [0.15, 0.2) is 0 Å². The number of nitrogens with zero attached hydrogens (tertiary/aromatic N) is 1. The Bertz CT molecular complexity index is 975. The van der Waals surface area contributed by atoms with Crippen LogP contribution in [0.2, 0.25) is 0 Å². The van der Waals surface area contributed by atoms with Crippen LogP contribution in [-0.2, 0) is 21.2 Å². The molecule has 0 radical (unpaired) electrons. The zero-order valence-corrected chi connectivity index (χ0v) is 15.2. The van der Waals surface area contributed by atoms with Gasteiger partial charge in [0.25, 0.3) is 5.91 Å². The van der Waals surface area contributed by atoms with Gasteiger partial charge in [-0.25, -0.2) is 13.6 Å². The molecule has 0 aliphatic carbocycles. The number of anilines is 2. The molecule has 2 aromatic carbocycles. The first-order valence-corrected chi connectivity index (χ1v) is 9.46. The lowest BCUT2D eigenvalue weighted by Crippen LogP contribution is -2.18. The molecule has 0 heterocycles. The average molecular weight is 385 g/mol. The zero-order chi connectivity index (χ0) is 19.9. The van der Waals surface area contributed by atoms with E-state index in [1.54, 1.807) is 36.4 Å². The van der Waals surface area contributed by atoms with Crippen LogP contribution in [0.1, 0.15) is 5.56 Å². The molecule has 0 fully saturated rings. The van der Waals surface area contributed by atoms with E-state index in [-0.39, 0.29) is 10.5 Å². The molecule has 0 unspecified atom stereocenters. The summed E-state index contributed by atoms with van der Waals surface area (Å²) in [4.78, 5) is 12.1. The summed E-state index contributed by atoms with van der Waals surface area (Å²) >= 11 is 0. The summed E-state index contributed by atoms with van der Waals surface area (Å²) in [6, 6.07) is 14.6. The molecule has 8 nitrogen and oxygen atoms in total. The molecular weight excluding hydrogens is 366 g/mol. The molecule has 140 valence electrons. The number of carbonyl (C=O) groups is 1. The first-order valence-electron chi connectivity index (χ1n) is 7.92. The van der Waals surface area contributed by atoms with Crippen molar-refractivity contribution in [2.24, 2.45) is 5.14 Å². The molecule has 1 amide bonds. The summed E-state index contributed by atoms with van der Waals surface area (Å²) in [7, 11) is -3.71. The fraction of sp³-hybridized carbons (Fsp3) is 0.111. The number of sulfonamides is 1. The lowest BCUT2D eigenvalue weighted by Gasteiger charge is -2.06. The van der Waals surface area contributed by atoms with Crippen molar-refractivity contribution in [1.82, 2.24) is 5.32 Å². The van der Waals surface area contributed by atoms with E-state index in [9.17, 15) is 13.2 Å². The Morgan fingerprint density at radius 2 is 1.74 bits per heavy atom. The van der Waals surface area contributed by atoms with Crippen LogP contribution in [0.3, 0.4) is 0 Å². The van der Waals surface area contributed by atoms with Crippen molar-refractivity contribution < 1.29 is 13.2 Å². The molecule has 0 aliphatic heterocycles. The summed E-state index contributed by atoms with van der Waals surface area (Å²) in [5.41, 5.74) is 7.49. The Labute approximate surface area is 157 Å². The molecule has 2 rings (SSSR count). The van der Waals surface area contributed by atoms with E-state index in [2.05, 4.69) is 10.6 Å². The fourth-order valence-electron chi connectivity index (χ4n) is 2.15. The van der Waals surface area contributed by atoms with Crippen molar-refractivity contribution in [2.45, 2.75) is 11.3 Å². The molecule has 0 aromatic heterocycles. The van der Waals surface area contributed by atoms with Crippen molar-refractivity contribution in [3.8, 4) is 6.07 Å². The van der Waals surface area contributed by atoms with Crippen LogP contribution in [0, 0.1) is 11.3 Å². The van der Waals surface area contributed by atoms with Crippen molar-refractivity contribution in [1.29, 1.82) is 5.26 Å². The number of nitrogen functional groups attached to an aromatic ring is 1. The van der Waals surface area contributed by atoms with Gasteiger partial charge in [0, 0.05) is 24.1 Å². The summed E-state index contributed by atoms with van der Waals surface area (Å²) in [5, 5.41) is 19.7. The minimum Gasteiger partial charge on any atom is -0.399 e. The second kappa shape index (κ2) is 8.84. The Balaban J connectivity index is 1.88. The summed E-state index contributed by atoms with van der Waals surface area (Å²) in [5.74, 6) is -0.535. The molecule has 0 saturated heterocycles. The van der Waals surface area contributed by atoms with E-state index in [1.165, 1.54) is 18.3 Å². The molecule has 0 bridgehead atoms. The van der Waals surface area contributed by atoms with Crippen molar-refractivity contribution in [3.05, 3.63) is 65.9 Å². The highest BCUT2D eigenvalue weighted by atomic mass is 32.2. The maximum absolute atomic E-state index is 12.1. The third-order valence-electron chi connectivity index (χ3n) is 3.59. The second-order valence-corrected chi connectivity index (χ2v) is 7.20. The van der Waals surface area contributed by atoms with Gasteiger partial charge in [0.05, 0.1) is 4.90 Å². The van der Waals surface area contributed by atoms with Gasteiger partial charge < -0.3 is 16.4 Å². The maximum Gasteiger partial charge on any atom is 0.267 e. The van der Waals surface area contributed by atoms with Gasteiger partial charge in [-0.15, -0.1) is 0 Å². The fourth-order valence-corrected chi connectivity index (χ4v) is 2.67.